The van der Waals surface area contributed by atoms with Crippen molar-refractivity contribution in [2.24, 2.45) is 0 Å². The highest BCUT2D eigenvalue weighted by Gasteiger charge is 2.27. The minimum atomic E-state index is -1.58. The molecule has 1 aromatic carbocycles. The quantitative estimate of drug-likeness (QED) is 0.573. The lowest BCUT2D eigenvalue weighted by Gasteiger charge is -2.21. The summed E-state index contributed by atoms with van der Waals surface area (Å²) in [5.41, 5.74) is 0. The van der Waals surface area contributed by atoms with Crippen LogP contribution in [0.2, 0.25) is 0 Å². The van der Waals surface area contributed by atoms with Crippen molar-refractivity contribution in [3.05, 3.63) is 55.6 Å². The summed E-state index contributed by atoms with van der Waals surface area (Å²) in [5, 5.41) is 0. The molecular weight excluding hydrogens is 282 g/mol. The van der Waals surface area contributed by atoms with Crippen LogP contribution in [0, 0.1) is 0 Å². The third-order valence-corrected chi connectivity index (χ3v) is 4.35. The number of benzene rings is 1. The Balaban J connectivity index is 2.83. The highest BCUT2D eigenvalue weighted by atomic mass is 35.5. The van der Waals surface area contributed by atoms with Crippen molar-refractivity contribution < 1.29 is 9.00 Å². The molecule has 1 aromatic rings. The van der Waals surface area contributed by atoms with Crippen LogP contribution in [0.3, 0.4) is 0 Å². The van der Waals surface area contributed by atoms with E-state index >= 15 is 0 Å². The maximum Gasteiger partial charge on any atom is 0.254 e. The first-order chi connectivity index (χ1) is 9.11. The molecule has 2 atom stereocenters. The van der Waals surface area contributed by atoms with Crippen molar-refractivity contribution in [2.75, 3.05) is 13.1 Å². The van der Waals surface area contributed by atoms with Crippen LogP contribution in [-0.2, 0) is 15.6 Å². The second kappa shape index (κ2) is 7.92. The molecule has 0 fully saturated rings. The van der Waals surface area contributed by atoms with E-state index in [1.165, 1.54) is 4.90 Å². The Hall–Kier alpha value is -1.39. The van der Waals surface area contributed by atoms with Gasteiger partial charge in [0.25, 0.3) is 5.91 Å². The number of amides is 1. The van der Waals surface area contributed by atoms with Crippen molar-refractivity contribution >= 4 is 28.3 Å². The molecule has 19 heavy (non-hydrogen) atoms. The lowest BCUT2D eigenvalue weighted by Crippen LogP contribution is -2.38. The number of rotatable bonds is 7. The van der Waals surface area contributed by atoms with Gasteiger partial charge in [0.1, 0.15) is 0 Å². The summed E-state index contributed by atoms with van der Waals surface area (Å²) in [5.74, 6) is -0.386. The molecule has 1 amide bonds. The minimum absolute atomic E-state index is 0.347. The van der Waals surface area contributed by atoms with Gasteiger partial charge in [0.05, 0.1) is 10.8 Å². The first-order valence-corrected chi connectivity index (χ1v) is 7.37. The molecule has 1 rings (SSSR count). The number of hydrogen-bond donors (Lipinski definition) is 0. The second-order valence-electron chi connectivity index (χ2n) is 3.75. The van der Waals surface area contributed by atoms with Gasteiger partial charge in [-0.05, 0) is 12.1 Å². The van der Waals surface area contributed by atoms with E-state index in [4.69, 9.17) is 11.6 Å². The Kier molecular flexibility index (Phi) is 6.53. The highest BCUT2D eigenvalue weighted by Crippen LogP contribution is 2.16. The lowest BCUT2D eigenvalue weighted by molar-refractivity contribution is -0.128. The first kappa shape index (κ1) is 15.7. The van der Waals surface area contributed by atoms with Gasteiger partial charge in [-0.1, -0.05) is 42.0 Å². The lowest BCUT2D eigenvalue weighted by atomic mass is 10.4. The van der Waals surface area contributed by atoms with Crippen molar-refractivity contribution in [3.63, 3.8) is 0 Å². The monoisotopic (exact) mass is 297 g/mol. The van der Waals surface area contributed by atoms with Gasteiger partial charge in [0.2, 0.25) is 0 Å². The van der Waals surface area contributed by atoms with Gasteiger partial charge in [-0.25, -0.2) is 0 Å². The van der Waals surface area contributed by atoms with E-state index in [2.05, 4.69) is 13.2 Å². The molecule has 0 heterocycles. The molecule has 1 unspecified atom stereocenters. The molecule has 0 spiro atoms. The SMILES string of the molecule is C=CCN(CC=C)C(=O)C(Cl)[S@](=O)c1ccccc1. The van der Waals surface area contributed by atoms with Crippen LogP contribution in [0.25, 0.3) is 0 Å². The van der Waals surface area contributed by atoms with Gasteiger partial charge >= 0.3 is 0 Å². The summed E-state index contributed by atoms with van der Waals surface area (Å²) in [7, 11) is -1.58. The Morgan fingerprint density at radius 3 is 2.26 bits per heavy atom. The van der Waals surface area contributed by atoms with E-state index in [1.807, 2.05) is 6.07 Å². The number of carbonyl (C=O) groups is 1. The van der Waals surface area contributed by atoms with Crippen molar-refractivity contribution in [2.45, 2.75) is 9.60 Å². The maximum absolute atomic E-state index is 12.2. The topological polar surface area (TPSA) is 37.4 Å². The summed E-state index contributed by atoms with van der Waals surface area (Å²) in [6.07, 6.45) is 3.19. The van der Waals surface area contributed by atoms with Gasteiger partial charge < -0.3 is 4.90 Å². The van der Waals surface area contributed by atoms with Gasteiger partial charge in [0.15, 0.2) is 4.71 Å². The van der Waals surface area contributed by atoms with Crippen LogP contribution in [0.15, 0.2) is 60.5 Å². The summed E-state index contributed by atoms with van der Waals surface area (Å²) in [6, 6.07) is 8.70. The number of hydrogen-bond acceptors (Lipinski definition) is 2. The fourth-order valence-corrected chi connectivity index (χ4v) is 2.92. The predicted molar refractivity (Wildman–Crippen MR) is 79.5 cm³/mol. The van der Waals surface area contributed by atoms with Crippen molar-refractivity contribution in [1.29, 1.82) is 0 Å². The summed E-state index contributed by atoms with van der Waals surface area (Å²) < 4.78 is 11.1. The highest BCUT2D eigenvalue weighted by molar-refractivity contribution is 7.88. The van der Waals surface area contributed by atoms with Crippen LogP contribution in [-0.4, -0.2) is 32.8 Å². The Bertz CT molecular complexity index is 466. The van der Waals surface area contributed by atoms with Crippen LogP contribution in [0.4, 0.5) is 0 Å². The average Bonchev–Trinajstić information content (AvgIpc) is 2.45. The van der Waals surface area contributed by atoms with Gasteiger partial charge in [-0.3, -0.25) is 9.00 Å². The van der Waals surface area contributed by atoms with Crippen LogP contribution >= 0.6 is 11.6 Å². The molecule has 3 nitrogen and oxygen atoms in total. The van der Waals surface area contributed by atoms with Crippen molar-refractivity contribution in [3.8, 4) is 0 Å². The van der Waals surface area contributed by atoms with Gasteiger partial charge in [-0.15, -0.1) is 13.2 Å². The molecule has 0 N–H and O–H groups in total. The fourth-order valence-electron chi connectivity index (χ4n) is 1.48. The third kappa shape index (κ3) is 4.33. The summed E-state index contributed by atoms with van der Waals surface area (Å²) in [6.45, 7) is 7.86. The smallest absolute Gasteiger partial charge is 0.254 e. The van der Waals surface area contributed by atoms with E-state index in [-0.39, 0.29) is 5.91 Å². The van der Waals surface area contributed by atoms with E-state index < -0.39 is 15.5 Å². The Morgan fingerprint density at radius 1 is 1.26 bits per heavy atom. The molecule has 102 valence electrons. The normalized spacial score (nSPS) is 13.3. The molecule has 0 saturated heterocycles. The minimum Gasteiger partial charge on any atom is -0.333 e. The fraction of sp³-hybridized carbons (Fsp3) is 0.214. The second-order valence-corrected chi connectivity index (χ2v) is 5.98. The molecule has 0 aromatic heterocycles. The summed E-state index contributed by atoms with van der Waals surface area (Å²) >= 11 is 6.02. The van der Waals surface area contributed by atoms with E-state index in [0.29, 0.717) is 18.0 Å². The molecule has 0 aliphatic rings. The van der Waals surface area contributed by atoms with Crippen LogP contribution in [0.1, 0.15) is 0 Å². The number of halogens is 1. The number of alkyl halides is 1. The molecule has 0 aliphatic carbocycles. The Labute approximate surface area is 121 Å². The van der Waals surface area contributed by atoms with E-state index in [1.54, 1.807) is 36.4 Å². The van der Waals surface area contributed by atoms with Gasteiger partial charge in [0, 0.05) is 18.0 Å². The zero-order chi connectivity index (χ0) is 14.3. The maximum atomic E-state index is 12.2. The number of nitrogens with zero attached hydrogens (tertiary/aromatic N) is 1. The molecule has 5 heteroatoms. The van der Waals surface area contributed by atoms with E-state index in [0.717, 1.165) is 0 Å². The van der Waals surface area contributed by atoms with Gasteiger partial charge in [-0.2, -0.15) is 0 Å². The predicted octanol–water partition coefficient (Wildman–Crippen LogP) is 2.56. The van der Waals surface area contributed by atoms with Crippen LogP contribution < -0.4 is 0 Å². The zero-order valence-corrected chi connectivity index (χ0v) is 12.1. The summed E-state index contributed by atoms with van der Waals surface area (Å²) in [4.78, 5) is 14.1. The first-order valence-electron chi connectivity index (χ1n) is 5.72. The van der Waals surface area contributed by atoms with Crippen molar-refractivity contribution in [1.82, 2.24) is 4.90 Å². The molecule has 0 saturated carbocycles. The standard InChI is InChI=1S/C14H16ClNO2S/c1-3-10-16(11-4-2)14(17)13(15)19(18)12-8-6-5-7-9-12/h3-9,13H,1-2,10-11H2/t13?,19-/m1/s1. The van der Waals surface area contributed by atoms with Crippen LogP contribution in [0.5, 0.6) is 0 Å². The Morgan fingerprint density at radius 2 is 1.79 bits per heavy atom. The average molecular weight is 298 g/mol. The number of carbonyl (C=O) groups excluding carboxylic acids is 1. The molecule has 0 aliphatic heterocycles. The molecular formula is C14H16ClNO2S. The molecule has 0 bridgehead atoms. The molecule has 0 radical (unpaired) electrons. The zero-order valence-electron chi connectivity index (χ0n) is 10.5. The third-order valence-electron chi connectivity index (χ3n) is 2.37. The van der Waals surface area contributed by atoms with E-state index in [9.17, 15) is 9.00 Å². The largest absolute Gasteiger partial charge is 0.333 e.